The van der Waals surface area contributed by atoms with Crippen molar-refractivity contribution < 1.29 is 17.6 Å². The number of rotatable bonds is 3. The molecule has 1 aliphatic rings. The van der Waals surface area contributed by atoms with Crippen LogP contribution in [-0.4, -0.2) is 22.5 Å². The van der Waals surface area contributed by atoms with Gasteiger partial charge < -0.3 is 10.2 Å². The number of halogens is 4. The van der Waals surface area contributed by atoms with E-state index in [9.17, 15) is 17.6 Å². The van der Waals surface area contributed by atoms with Gasteiger partial charge in [-0.3, -0.25) is 5.41 Å². The molecule has 0 fully saturated rings. The molecule has 10 heteroatoms. The van der Waals surface area contributed by atoms with Gasteiger partial charge in [0.1, 0.15) is 35.3 Å². The molecule has 2 aromatic carbocycles. The maximum Gasteiger partial charge on any atom is 0.175 e. The summed E-state index contributed by atoms with van der Waals surface area (Å²) >= 11 is 0. The van der Waals surface area contributed by atoms with Gasteiger partial charge in [0.25, 0.3) is 0 Å². The molecule has 0 amide bonds. The Morgan fingerprint density at radius 2 is 1.75 bits per heavy atom. The predicted molar refractivity (Wildman–Crippen MR) is 94.4 cm³/mol. The molecule has 0 saturated carbocycles. The lowest BCUT2D eigenvalue weighted by molar-refractivity contribution is 0.581. The van der Waals surface area contributed by atoms with E-state index in [2.05, 4.69) is 15.4 Å². The Balaban J connectivity index is 1.68. The maximum absolute atomic E-state index is 14.1. The first kappa shape index (κ1) is 17.7. The van der Waals surface area contributed by atoms with Crippen LogP contribution in [0.2, 0.25) is 0 Å². The molecule has 0 unspecified atom stereocenters. The quantitative estimate of drug-likeness (QED) is 0.534. The molecule has 2 N–H and O–H groups in total. The van der Waals surface area contributed by atoms with E-state index in [1.165, 1.54) is 23.4 Å². The number of benzene rings is 2. The Kier molecular flexibility index (Phi) is 4.30. The number of nitrogens with one attached hydrogen (secondary N) is 2. The molecule has 6 nitrogen and oxygen atoms in total. The number of hydrogen-bond donors (Lipinski definition) is 2. The Morgan fingerprint density at radius 3 is 2.46 bits per heavy atom. The Morgan fingerprint density at radius 1 is 1.04 bits per heavy atom. The number of hydrogen-bond acceptors (Lipinski definition) is 5. The minimum absolute atomic E-state index is 0.0387. The van der Waals surface area contributed by atoms with Crippen molar-refractivity contribution in [2.45, 2.75) is 0 Å². The zero-order valence-corrected chi connectivity index (χ0v) is 14.1. The monoisotopic (exact) mass is 388 g/mol. The first-order valence-corrected chi connectivity index (χ1v) is 8.06. The summed E-state index contributed by atoms with van der Waals surface area (Å²) in [4.78, 5) is 5.62. The molecule has 0 spiro atoms. The summed E-state index contributed by atoms with van der Waals surface area (Å²) in [5, 5.41) is 15.1. The molecule has 142 valence electrons. The molecule has 1 aromatic heterocycles. The fourth-order valence-corrected chi connectivity index (χ4v) is 2.77. The number of aromatic nitrogens is 2. The van der Waals surface area contributed by atoms with Gasteiger partial charge in [-0.05, 0) is 24.3 Å². The van der Waals surface area contributed by atoms with Crippen molar-refractivity contribution in [3.63, 3.8) is 0 Å². The van der Waals surface area contributed by atoms with Gasteiger partial charge in [-0.15, -0.1) is 0 Å². The minimum atomic E-state index is -0.791. The Bertz CT molecular complexity index is 1160. The summed E-state index contributed by atoms with van der Waals surface area (Å²) in [5.74, 6) is -2.68. The lowest BCUT2D eigenvalue weighted by Crippen LogP contribution is -2.19. The minimum Gasteiger partial charge on any atom is -0.361 e. The zero-order chi connectivity index (χ0) is 19.8. The van der Waals surface area contributed by atoms with Gasteiger partial charge in [-0.1, -0.05) is 0 Å². The first-order chi connectivity index (χ1) is 13.4. The SMILES string of the molecule is N=c1c2c(ncn1/N=C\c1ccc(F)cc1F)N(c1ccc(F)cc1F)CN2. The van der Waals surface area contributed by atoms with E-state index in [0.29, 0.717) is 0 Å². The van der Waals surface area contributed by atoms with Gasteiger partial charge in [0, 0.05) is 17.7 Å². The van der Waals surface area contributed by atoms with E-state index in [0.717, 1.165) is 35.2 Å². The third kappa shape index (κ3) is 3.08. The maximum atomic E-state index is 14.1. The van der Waals surface area contributed by atoms with Crippen LogP contribution >= 0.6 is 0 Å². The highest BCUT2D eigenvalue weighted by Crippen LogP contribution is 2.33. The average molecular weight is 388 g/mol. The van der Waals surface area contributed by atoms with Crippen molar-refractivity contribution in [3.8, 4) is 0 Å². The lowest BCUT2D eigenvalue weighted by atomic mass is 10.2. The van der Waals surface area contributed by atoms with E-state index in [1.807, 2.05) is 0 Å². The van der Waals surface area contributed by atoms with Crippen LogP contribution in [0.25, 0.3) is 0 Å². The molecule has 0 radical (unpaired) electrons. The van der Waals surface area contributed by atoms with E-state index < -0.39 is 23.3 Å². The smallest absolute Gasteiger partial charge is 0.175 e. The van der Waals surface area contributed by atoms with Gasteiger partial charge in [0.15, 0.2) is 11.3 Å². The molecular weight excluding hydrogens is 376 g/mol. The standard InChI is InChI=1S/C18H12F4N6/c19-11-2-1-10(13(21)5-11)7-26-28-9-25-18-16(17(28)23)24-8-27(18)15-4-3-12(20)6-14(15)22/h1-7,9,23-24H,8H2/b23-17?,26-7-. The molecular formula is C18H12F4N6. The molecule has 2 heterocycles. The number of fused-ring (bicyclic) bond motifs is 1. The molecule has 3 aromatic rings. The molecule has 28 heavy (non-hydrogen) atoms. The van der Waals surface area contributed by atoms with Crippen molar-refractivity contribution in [1.82, 2.24) is 9.66 Å². The molecule has 1 aliphatic heterocycles. The van der Waals surface area contributed by atoms with Crippen molar-refractivity contribution in [2.24, 2.45) is 5.10 Å². The van der Waals surface area contributed by atoms with Crippen LogP contribution in [-0.2, 0) is 0 Å². The van der Waals surface area contributed by atoms with Crippen molar-refractivity contribution in [3.05, 3.63) is 77.0 Å². The normalized spacial score (nSPS) is 13.1. The fourth-order valence-electron chi connectivity index (χ4n) is 2.77. The van der Waals surface area contributed by atoms with Crippen LogP contribution in [0.15, 0.2) is 47.8 Å². The zero-order valence-electron chi connectivity index (χ0n) is 14.1. The van der Waals surface area contributed by atoms with Gasteiger partial charge in [0.2, 0.25) is 0 Å². The molecule has 4 rings (SSSR count). The molecule has 0 aliphatic carbocycles. The van der Waals surface area contributed by atoms with Crippen molar-refractivity contribution in [2.75, 3.05) is 16.9 Å². The molecule has 0 bridgehead atoms. The molecule has 0 saturated heterocycles. The van der Waals surface area contributed by atoms with Crippen LogP contribution in [0.5, 0.6) is 0 Å². The summed E-state index contributed by atoms with van der Waals surface area (Å²) in [6.45, 7) is 0.122. The van der Waals surface area contributed by atoms with Crippen LogP contribution in [0.1, 0.15) is 5.56 Å². The second kappa shape index (κ2) is 6.80. The highest BCUT2D eigenvalue weighted by atomic mass is 19.1. The Hall–Kier alpha value is -3.69. The Labute approximate surface area is 155 Å². The van der Waals surface area contributed by atoms with Gasteiger partial charge in [0.05, 0.1) is 18.6 Å². The largest absolute Gasteiger partial charge is 0.361 e. The third-order valence-corrected chi connectivity index (χ3v) is 4.13. The topological polar surface area (TPSA) is 69.3 Å². The second-order valence-electron chi connectivity index (χ2n) is 5.91. The van der Waals surface area contributed by atoms with Crippen molar-refractivity contribution in [1.29, 1.82) is 5.41 Å². The summed E-state index contributed by atoms with van der Waals surface area (Å²) in [6, 6.07) is 6.21. The van der Waals surface area contributed by atoms with E-state index in [-0.39, 0.29) is 34.9 Å². The summed E-state index contributed by atoms with van der Waals surface area (Å²) in [7, 11) is 0. The average Bonchev–Trinajstić information content (AvgIpc) is 3.07. The van der Waals surface area contributed by atoms with Crippen LogP contribution < -0.4 is 15.7 Å². The predicted octanol–water partition coefficient (Wildman–Crippen LogP) is 3.32. The molecule has 0 atom stereocenters. The third-order valence-electron chi connectivity index (χ3n) is 4.13. The van der Waals surface area contributed by atoms with E-state index in [1.54, 1.807) is 0 Å². The number of nitrogens with zero attached hydrogens (tertiary/aromatic N) is 4. The van der Waals surface area contributed by atoms with Gasteiger partial charge >= 0.3 is 0 Å². The summed E-state index contributed by atoms with van der Waals surface area (Å²) < 4.78 is 55.0. The van der Waals surface area contributed by atoms with E-state index >= 15 is 0 Å². The van der Waals surface area contributed by atoms with Crippen LogP contribution in [0.3, 0.4) is 0 Å². The van der Waals surface area contributed by atoms with Crippen LogP contribution in [0.4, 0.5) is 34.8 Å². The van der Waals surface area contributed by atoms with Crippen molar-refractivity contribution >= 4 is 23.4 Å². The van der Waals surface area contributed by atoms with E-state index in [4.69, 9.17) is 5.41 Å². The van der Waals surface area contributed by atoms with Gasteiger partial charge in [-0.2, -0.15) is 5.10 Å². The number of anilines is 3. The highest BCUT2D eigenvalue weighted by molar-refractivity contribution is 5.80. The first-order valence-electron chi connectivity index (χ1n) is 8.06. The highest BCUT2D eigenvalue weighted by Gasteiger charge is 2.26. The fraction of sp³-hybridized carbons (Fsp3) is 0.0556. The lowest BCUT2D eigenvalue weighted by Gasteiger charge is -2.17. The summed E-state index contributed by atoms with van der Waals surface area (Å²) in [6.07, 6.45) is 2.34. The second-order valence-corrected chi connectivity index (χ2v) is 5.91. The van der Waals surface area contributed by atoms with Gasteiger partial charge in [-0.25, -0.2) is 27.2 Å². The van der Waals surface area contributed by atoms with Crippen LogP contribution in [0, 0.1) is 28.7 Å². The summed E-state index contributed by atoms with van der Waals surface area (Å²) in [5.41, 5.74) is 0.322.